The van der Waals surface area contributed by atoms with Crippen molar-refractivity contribution in [3.63, 3.8) is 0 Å². The van der Waals surface area contributed by atoms with Gasteiger partial charge in [0, 0.05) is 5.56 Å². The van der Waals surface area contributed by atoms with Gasteiger partial charge in [-0.25, -0.2) is 5.01 Å². The summed E-state index contributed by atoms with van der Waals surface area (Å²) in [5, 5.41) is 0.993. The summed E-state index contributed by atoms with van der Waals surface area (Å²) in [4.78, 5) is 25.8. The number of carbonyl (C=O) groups excluding carboxylic acids is 2. The molecule has 0 aliphatic rings. The smallest absolute Gasteiger partial charge is 0.267 e. The molecule has 1 N–H and O–H groups in total. The Hall–Kier alpha value is -2.83. The zero-order chi connectivity index (χ0) is 22.0. The highest BCUT2D eigenvalue weighted by Crippen LogP contribution is 2.33. The van der Waals surface area contributed by atoms with E-state index in [-0.39, 0.29) is 0 Å². The molecule has 2 aromatic carbocycles. The highest BCUT2D eigenvalue weighted by Gasteiger charge is 2.38. The molecule has 0 saturated heterocycles. The van der Waals surface area contributed by atoms with Crippen molar-refractivity contribution in [3.8, 4) is 0 Å². The van der Waals surface area contributed by atoms with E-state index in [4.69, 9.17) is 0 Å². The summed E-state index contributed by atoms with van der Waals surface area (Å²) in [5.41, 5.74) is 1.72. The van der Waals surface area contributed by atoms with Crippen LogP contribution in [0.5, 0.6) is 0 Å². The summed E-state index contributed by atoms with van der Waals surface area (Å²) in [6.07, 6.45) is -4.69. The van der Waals surface area contributed by atoms with Crippen LogP contribution in [-0.4, -0.2) is 22.9 Å². The maximum atomic E-state index is 13.4. The molecule has 2 aromatic rings. The molecule has 156 valence electrons. The second-order valence-electron chi connectivity index (χ2n) is 8.07. The van der Waals surface area contributed by atoms with Crippen molar-refractivity contribution in [1.82, 2.24) is 10.4 Å². The third kappa shape index (κ3) is 5.37. The number of aryl methyl sites for hydroxylation is 1. The Morgan fingerprint density at radius 2 is 1.52 bits per heavy atom. The van der Waals surface area contributed by atoms with E-state index in [9.17, 15) is 22.8 Å². The fourth-order valence-corrected chi connectivity index (χ4v) is 2.64. The first-order chi connectivity index (χ1) is 13.3. The van der Waals surface area contributed by atoms with Crippen LogP contribution in [0.15, 0.2) is 48.5 Å². The third-order valence-corrected chi connectivity index (χ3v) is 4.86. The summed E-state index contributed by atoms with van der Waals surface area (Å²) in [6.45, 7) is 9.07. The highest BCUT2D eigenvalue weighted by molar-refractivity contribution is 6.00. The average Bonchev–Trinajstić information content (AvgIpc) is 2.64. The number of amides is 2. The summed E-state index contributed by atoms with van der Waals surface area (Å²) >= 11 is 0. The van der Waals surface area contributed by atoms with Crippen molar-refractivity contribution in [2.75, 3.05) is 0 Å². The van der Waals surface area contributed by atoms with Crippen molar-refractivity contribution in [1.29, 1.82) is 0 Å². The van der Waals surface area contributed by atoms with Crippen molar-refractivity contribution in [2.24, 2.45) is 5.41 Å². The number of nitrogens with zero attached hydrogens (tertiary/aromatic N) is 1. The van der Waals surface area contributed by atoms with Crippen LogP contribution in [-0.2, 0) is 6.18 Å². The number of hydrogen-bond acceptors (Lipinski definition) is 2. The molecule has 1 unspecified atom stereocenters. The lowest BCUT2D eigenvalue weighted by atomic mass is 9.87. The molecule has 29 heavy (non-hydrogen) atoms. The number of halogens is 3. The fourth-order valence-electron chi connectivity index (χ4n) is 2.64. The van der Waals surface area contributed by atoms with Gasteiger partial charge in [-0.05, 0) is 43.5 Å². The normalized spacial score (nSPS) is 13.0. The first-order valence-corrected chi connectivity index (χ1v) is 9.20. The molecule has 0 spiro atoms. The molecular formula is C22H25F3N2O2. The van der Waals surface area contributed by atoms with Gasteiger partial charge in [0.15, 0.2) is 0 Å². The number of nitrogens with one attached hydrogen (secondary N) is 1. The number of hydrazine groups is 1. The van der Waals surface area contributed by atoms with Gasteiger partial charge in [-0.3, -0.25) is 15.0 Å². The molecule has 0 aliphatic carbocycles. The Labute approximate surface area is 168 Å². The van der Waals surface area contributed by atoms with E-state index in [1.807, 2.05) is 27.7 Å². The SMILES string of the molecule is Cc1ccc(C(=O)NN(C(=O)c2ccccc2C(F)(F)F)C(C)C(C)(C)C)cc1. The molecule has 0 aliphatic heterocycles. The van der Waals surface area contributed by atoms with Crippen LogP contribution in [0.1, 0.15) is 59.5 Å². The standard InChI is InChI=1S/C22H25F3N2O2/c1-14-10-12-16(13-11-14)19(28)26-27(15(2)21(3,4)5)20(29)17-8-6-7-9-18(17)22(23,24)25/h6-13,15H,1-5H3,(H,26,28). The Balaban J connectivity index is 2.45. The molecule has 0 bridgehead atoms. The number of rotatable bonds is 3. The minimum absolute atomic E-state index is 0.304. The van der Waals surface area contributed by atoms with E-state index >= 15 is 0 Å². The van der Waals surface area contributed by atoms with Gasteiger partial charge < -0.3 is 0 Å². The fraction of sp³-hybridized carbons (Fsp3) is 0.364. The van der Waals surface area contributed by atoms with Gasteiger partial charge in [-0.15, -0.1) is 0 Å². The van der Waals surface area contributed by atoms with Gasteiger partial charge in [0.05, 0.1) is 17.2 Å². The topological polar surface area (TPSA) is 49.4 Å². The zero-order valence-corrected chi connectivity index (χ0v) is 17.1. The van der Waals surface area contributed by atoms with Crippen LogP contribution < -0.4 is 5.43 Å². The van der Waals surface area contributed by atoms with Crippen molar-refractivity contribution in [2.45, 2.75) is 46.8 Å². The van der Waals surface area contributed by atoms with E-state index < -0.39 is 40.6 Å². The second kappa shape index (κ2) is 8.27. The lowest BCUT2D eigenvalue weighted by Crippen LogP contribution is -2.55. The average molecular weight is 406 g/mol. The largest absolute Gasteiger partial charge is 0.417 e. The molecule has 2 rings (SSSR count). The van der Waals surface area contributed by atoms with E-state index in [2.05, 4.69) is 5.43 Å². The molecular weight excluding hydrogens is 381 g/mol. The van der Waals surface area contributed by atoms with E-state index in [0.717, 1.165) is 22.7 Å². The molecule has 0 saturated carbocycles. The van der Waals surface area contributed by atoms with Crippen LogP contribution in [0.25, 0.3) is 0 Å². The van der Waals surface area contributed by atoms with Crippen molar-refractivity contribution < 1.29 is 22.8 Å². The van der Waals surface area contributed by atoms with Crippen LogP contribution >= 0.6 is 0 Å². The number of carbonyl (C=O) groups is 2. The van der Waals surface area contributed by atoms with E-state index in [1.165, 1.54) is 12.1 Å². The summed E-state index contributed by atoms with van der Waals surface area (Å²) < 4.78 is 40.2. The van der Waals surface area contributed by atoms with Gasteiger partial charge in [-0.1, -0.05) is 50.6 Å². The predicted octanol–water partition coefficient (Wildman–Crippen LogP) is 5.24. The van der Waals surface area contributed by atoms with E-state index in [0.29, 0.717) is 5.56 Å². The Morgan fingerprint density at radius 3 is 2.03 bits per heavy atom. The lowest BCUT2D eigenvalue weighted by molar-refractivity contribution is -0.138. The van der Waals surface area contributed by atoms with Gasteiger partial charge in [0.2, 0.25) is 0 Å². The molecule has 2 amide bonds. The third-order valence-electron chi connectivity index (χ3n) is 4.86. The maximum absolute atomic E-state index is 13.4. The molecule has 0 heterocycles. The molecule has 4 nitrogen and oxygen atoms in total. The Bertz CT molecular complexity index is 884. The monoisotopic (exact) mass is 406 g/mol. The molecule has 0 fully saturated rings. The highest BCUT2D eigenvalue weighted by atomic mass is 19.4. The molecule has 1 atom stereocenters. The van der Waals surface area contributed by atoms with Crippen LogP contribution in [0.3, 0.4) is 0 Å². The number of benzene rings is 2. The zero-order valence-electron chi connectivity index (χ0n) is 17.1. The second-order valence-corrected chi connectivity index (χ2v) is 8.07. The minimum atomic E-state index is -4.69. The van der Waals surface area contributed by atoms with Crippen molar-refractivity contribution in [3.05, 3.63) is 70.8 Å². The van der Waals surface area contributed by atoms with Gasteiger partial charge in [-0.2, -0.15) is 13.2 Å². The molecule has 7 heteroatoms. The first kappa shape index (κ1) is 22.5. The lowest BCUT2D eigenvalue weighted by Gasteiger charge is -2.38. The van der Waals surface area contributed by atoms with Gasteiger partial charge >= 0.3 is 6.18 Å². The summed E-state index contributed by atoms with van der Waals surface area (Å²) in [5.74, 6) is -1.49. The van der Waals surface area contributed by atoms with Gasteiger partial charge in [0.1, 0.15) is 0 Å². The molecule has 0 radical (unpaired) electrons. The van der Waals surface area contributed by atoms with Crippen LogP contribution in [0, 0.1) is 12.3 Å². The Kier molecular flexibility index (Phi) is 6.40. The van der Waals surface area contributed by atoms with E-state index in [1.54, 1.807) is 31.2 Å². The quantitative estimate of drug-likeness (QED) is 0.709. The van der Waals surface area contributed by atoms with Crippen LogP contribution in [0.2, 0.25) is 0 Å². The Morgan fingerprint density at radius 1 is 0.966 bits per heavy atom. The number of hydrogen-bond donors (Lipinski definition) is 1. The predicted molar refractivity (Wildman–Crippen MR) is 105 cm³/mol. The first-order valence-electron chi connectivity index (χ1n) is 9.20. The van der Waals surface area contributed by atoms with Crippen molar-refractivity contribution >= 4 is 11.8 Å². The minimum Gasteiger partial charge on any atom is -0.267 e. The summed E-state index contributed by atoms with van der Waals surface area (Å²) in [7, 11) is 0. The number of alkyl halides is 3. The molecule has 0 aromatic heterocycles. The summed E-state index contributed by atoms with van der Waals surface area (Å²) in [6, 6.07) is 10.7. The van der Waals surface area contributed by atoms with Gasteiger partial charge in [0.25, 0.3) is 11.8 Å². The maximum Gasteiger partial charge on any atom is 0.417 e. The van der Waals surface area contributed by atoms with Crippen LogP contribution in [0.4, 0.5) is 13.2 Å².